The molecule has 0 saturated carbocycles. The molecule has 0 spiro atoms. The van der Waals surface area contributed by atoms with Crippen LogP contribution in [0.5, 0.6) is 0 Å². The van der Waals surface area contributed by atoms with Crippen molar-refractivity contribution in [1.82, 2.24) is 4.98 Å². The van der Waals surface area contributed by atoms with Gasteiger partial charge in [0.15, 0.2) is 6.10 Å². The summed E-state index contributed by atoms with van der Waals surface area (Å²) < 4.78 is 5.43. The van der Waals surface area contributed by atoms with Gasteiger partial charge < -0.3 is 9.84 Å². The Hall–Kier alpha value is -0.730. The van der Waals surface area contributed by atoms with E-state index < -0.39 is 12.1 Å². The summed E-state index contributed by atoms with van der Waals surface area (Å²) >= 11 is 3.74. The normalized spacial score (nSPS) is 12.7. The van der Waals surface area contributed by atoms with Crippen molar-refractivity contribution in [1.29, 1.82) is 0 Å². The van der Waals surface area contributed by atoms with Gasteiger partial charge in [-0.2, -0.15) is 0 Å². The maximum absolute atomic E-state index is 11.5. The van der Waals surface area contributed by atoms with E-state index in [0.717, 1.165) is 18.7 Å². The lowest BCUT2D eigenvalue weighted by Crippen LogP contribution is -2.16. The third kappa shape index (κ3) is 2.24. The number of aliphatic hydroxyl groups is 1. The molecular formula is C12H12INO3S. The van der Waals surface area contributed by atoms with Crippen LogP contribution in [0, 0.1) is 17.4 Å². The summed E-state index contributed by atoms with van der Waals surface area (Å²) in [5.74, 6) is -0.663. The van der Waals surface area contributed by atoms with E-state index in [-0.39, 0.29) is 0 Å². The Morgan fingerprint density at radius 1 is 1.56 bits per heavy atom. The van der Waals surface area contributed by atoms with Crippen LogP contribution in [0.4, 0.5) is 0 Å². The number of ether oxygens (including phenoxy) is 1. The molecule has 2 aromatic rings. The predicted octanol–water partition coefficient (Wildman–Crippen LogP) is 2.72. The minimum absolute atomic E-state index is 0.535. The van der Waals surface area contributed by atoms with Crippen molar-refractivity contribution in [2.24, 2.45) is 0 Å². The second-order valence-electron chi connectivity index (χ2n) is 3.93. The zero-order chi connectivity index (χ0) is 13.4. The van der Waals surface area contributed by atoms with Crippen LogP contribution in [-0.4, -0.2) is 23.2 Å². The molecule has 0 aliphatic heterocycles. The van der Waals surface area contributed by atoms with Gasteiger partial charge in [-0.3, -0.25) is 0 Å². The molecule has 96 valence electrons. The number of pyridine rings is 1. The first-order valence-corrected chi connectivity index (χ1v) is 7.17. The topological polar surface area (TPSA) is 59.4 Å². The highest BCUT2D eigenvalue weighted by molar-refractivity contribution is 14.1. The summed E-state index contributed by atoms with van der Waals surface area (Å²) in [6, 6.07) is 2.02. The molecule has 0 amide bonds. The highest BCUT2D eigenvalue weighted by atomic mass is 127. The van der Waals surface area contributed by atoms with Gasteiger partial charge in [-0.25, -0.2) is 9.78 Å². The van der Waals surface area contributed by atoms with Crippen molar-refractivity contribution < 1.29 is 14.6 Å². The van der Waals surface area contributed by atoms with E-state index in [1.54, 1.807) is 18.3 Å². The van der Waals surface area contributed by atoms with Gasteiger partial charge in [0.2, 0.25) is 0 Å². The van der Waals surface area contributed by atoms with Gasteiger partial charge in [0.05, 0.1) is 7.11 Å². The van der Waals surface area contributed by atoms with Crippen LogP contribution in [0.25, 0.3) is 10.2 Å². The van der Waals surface area contributed by atoms with Crippen molar-refractivity contribution in [3.63, 3.8) is 0 Å². The number of hydrogen-bond acceptors (Lipinski definition) is 5. The van der Waals surface area contributed by atoms with Crippen LogP contribution in [0.3, 0.4) is 0 Å². The van der Waals surface area contributed by atoms with Gasteiger partial charge >= 0.3 is 5.97 Å². The number of aromatic nitrogens is 1. The first-order chi connectivity index (χ1) is 8.45. The van der Waals surface area contributed by atoms with Gasteiger partial charge in [-0.1, -0.05) is 0 Å². The third-order valence-corrected chi connectivity index (χ3v) is 4.77. The number of halogens is 1. The molecule has 0 aliphatic rings. The molecule has 1 atom stereocenters. The van der Waals surface area contributed by atoms with Gasteiger partial charge in [-0.15, -0.1) is 11.3 Å². The Morgan fingerprint density at radius 2 is 2.22 bits per heavy atom. The third-order valence-electron chi connectivity index (χ3n) is 2.67. The van der Waals surface area contributed by atoms with E-state index in [4.69, 9.17) is 0 Å². The van der Waals surface area contributed by atoms with Crippen LogP contribution < -0.4 is 0 Å². The monoisotopic (exact) mass is 377 g/mol. The number of methoxy groups -OCH3 is 1. The smallest absolute Gasteiger partial charge is 0.339 e. The summed E-state index contributed by atoms with van der Waals surface area (Å²) in [6.07, 6.45) is -1.28. The molecule has 4 nitrogen and oxygen atoms in total. The number of hydrogen-bond donors (Lipinski definition) is 1. The first-order valence-electron chi connectivity index (χ1n) is 5.27. The van der Waals surface area contributed by atoms with E-state index in [1.165, 1.54) is 7.11 Å². The van der Waals surface area contributed by atoms with E-state index in [2.05, 4.69) is 32.3 Å². The van der Waals surface area contributed by atoms with E-state index in [1.807, 2.05) is 13.0 Å². The molecule has 0 bridgehead atoms. The van der Waals surface area contributed by atoms with E-state index >= 15 is 0 Å². The lowest BCUT2D eigenvalue weighted by atomic mass is 10.1. The summed E-state index contributed by atoms with van der Waals surface area (Å²) in [5.41, 5.74) is 1.19. The van der Waals surface area contributed by atoms with Crippen molar-refractivity contribution in [3.8, 4) is 0 Å². The molecule has 6 heteroatoms. The number of aliphatic hydroxyl groups excluding tert-OH is 1. The molecule has 1 N–H and O–H groups in total. The van der Waals surface area contributed by atoms with E-state index in [9.17, 15) is 9.90 Å². The summed E-state index contributed by atoms with van der Waals surface area (Å²) in [6.45, 7) is 3.80. The number of esters is 1. The second-order valence-corrected chi connectivity index (χ2v) is 6.24. The van der Waals surface area contributed by atoms with Crippen molar-refractivity contribution in [2.75, 3.05) is 7.11 Å². The van der Waals surface area contributed by atoms with Gasteiger partial charge in [0.1, 0.15) is 4.83 Å². The van der Waals surface area contributed by atoms with Crippen LogP contribution in [0.15, 0.2) is 6.07 Å². The van der Waals surface area contributed by atoms with Crippen molar-refractivity contribution in [2.45, 2.75) is 20.0 Å². The number of carbonyl (C=O) groups is 1. The Bertz CT molecular complexity index is 623. The highest BCUT2D eigenvalue weighted by Gasteiger charge is 2.25. The molecule has 2 rings (SSSR count). The fourth-order valence-corrected chi connectivity index (χ4v) is 4.02. The summed E-state index contributed by atoms with van der Waals surface area (Å²) in [4.78, 5) is 18.0. The highest BCUT2D eigenvalue weighted by Crippen LogP contribution is 2.33. The zero-order valence-electron chi connectivity index (χ0n) is 10.2. The molecule has 1 unspecified atom stereocenters. The van der Waals surface area contributed by atoms with Crippen LogP contribution in [0.1, 0.15) is 22.2 Å². The van der Waals surface area contributed by atoms with Gasteiger partial charge in [0.25, 0.3) is 0 Å². The number of carbonyl (C=O) groups excluding carboxylic acids is 1. The van der Waals surface area contributed by atoms with Crippen molar-refractivity contribution >= 4 is 50.1 Å². The van der Waals surface area contributed by atoms with Gasteiger partial charge in [-0.05, 0) is 42.5 Å². The quantitative estimate of drug-likeness (QED) is 0.646. The molecule has 0 fully saturated rings. The number of rotatable bonds is 2. The van der Waals surface area contributed by atoms with Gasteiger partial charge in [0, 0.05) is 25.1 Å². The average Bonchev–Trinajstić information content (AvgIpc) is 2.68. The molecule has 2 aromatic heterocycles. The molecular weight excluding hydrogens is 365 g/mol. The molecule has 2 heterocycles. The SMILES string of the molecule is COC(=O)C(O)c1c(C)nc2sc(C)cc2c1I. The number of nitrogens with zero attached hydrogens (tertiary/aromatic N) is 1. The Labute approximate surface area is 122 Å². The summed E-state index contributed by atoms with van der Waals surface area (Å²) in [7, 11) is 1.26. The lowest BCUT2D eigenvalue weighted by molar-refractivity contribution is -0.150. The minimum Gasteiger partial charge on any atom is -0.467 e. The zero-order valence-corrected chi connectivity index (χ0v) is 13.1. The van der Waals surface area contributed by atoms with Crippen molar-refractivity contribution in [3.05, 3.63) is 25.8 Å². The molecule has 18 heavy (non-hydrogen) atoms. The van der Waals surface area contributed by atoms with Crippen LogP contribution in [-0.2, 0) is 9.53 Å². The Balaban J connectivity index is 2.67. The predicted molar refractivity (Wildman–Crippen MR) is 78.8 cm³/mol. The van der Waals surface area contributed by atoms with E-state index in [0.29, 0.717) is 11.3 Å². The Kier molecular flexibility index (Phi) is 3.88. The molecule has 0 aliphatic carbocycles. The molecule has 0 saturated heterocycles. The number of aryl methyl sites for hydroxylation is 2. The first kappa shape index (κ1) is 13.7. The van der Waals surface area contributed by atoms with Crippen LogP contribution >= 0.6 is 33.9 Å². The molecule has 0 radical (unpaired) electrons. The number of thiophene rings is 1. The number of fused-ring (bicyclic) bond motifs is 1. The molecule has 0 aromatic carbocycles. The Morgan fingerprint density at radius 3 is 2.83 bits per heavy atom. The summed E-state index contributed by atoms with van der Waals surface area (Å²) in [5, 5.41) is 11.0. The lowest BCUT2D eigenvalue weighted by Gasteiger charge is -2.13. The maximum Gasteiger partial charge on any atom is 0.339 e. The largest absolute Gasteiger partial charge is 0.467 e. The second kappa shape index (κ2) is 5.10. The average molecular weight is 377 g/mol. The maximum atomic E-state index is 11.5. The standard InChI is InChI=1S/C12H12INO3S/c1-5-4-7-9(13)8(10(15)12(16)17-3)6(2)14-11(7)18-5/h4,10,15H,1-3H3. The fourth-order valence-electron chi connectivity index (χ4n) is 1.81. The van der Waals surface area contributed by atoms with Crippen LogP contribution in [0.2, 0.25) is 0 Å². The minimum atomic E-state index is -1.28. The fraction of sp³-hybridized carbons (Fsp3) is 0.333.